The molecule has 0 radical (unpaired) electrons. The monoisotopic (exact) mass is 965 g/mol. The minimum absolute atomic E-state index is 0.133. The lowest BCUT2D eigenvalue weighted by molar-refractivity contribution is 0.591. The first kappa shape index (κ1) is 45.9. The summed E-state index contributed by atoms with van der Waals surface area (Å²) >= 11 is 0. The highest BCUT2D eigenvalue weighted by atomic mass is 15.2. The Morgan fingerprint density at radius 2 is 0.541 bits per heavy atom. The first-order chi connectivity index (χ1) is 35.3. The Hall–Kier alpha value is -7.96. The van der Waals surface area contributed by atoms with Gasteiger partial charge in [-0.3, -0.25) is 8.80 Å². The van der Waals surface area contributed by atoms with Crippen LogP contribution in [0.3, 0.4) is 0 Å². The zero-order chi connectivity index (χ0) is 51.4. The van der Waals surface area contributed by atoms with Gasteiger partial charge in [0.15, 0.2) is 11.3 Å². The summed E-state index contributed by atoms with van der Waals surface area (Å²) in [7, 11) is 0. The van der Waals surface area contributed by atoms with E-state index in [0.717, 1.165) is 89.3 Å². The molecule has 0 bridgehead atoms. The van der Waals surface area contributed by atoms with Gasteiger partial charge in [-0.2, -0.15) is 0 Å². The molecule has 0 saturated heterocycles. The third-order valence-corrected chi connectivity index (χ3v) is 15.7. The Morgan fingerprint density at radius 3 is 0.811 bits per heavy atom. The third-order valence-electron chi connectivity index (χ3n) is 15.7. The van der Waals surface area contributed by atoms with Crippen LogP contribution < -0.4 is 9.80 Å². The molecule has 0 spiro atoms. The fourth-order valence-corrected chi connectivity index (χ4v) is 11.6. The highest BCUT2D eigenvalue weighted by molar-refractivity contribution is 6.28. The van der Waals surface area contributed by atoms with Crippen molar-refractivity contribution < 1.29 is 0 Å². The Kier molecular flexibility index (Phi) is 9.78. The van der Waals surface area contributed by atoms with Crippen LogP contribution in [-0.2, 0) is 21.7 Å². The molecule has 0 aliphatic carbocycles. The van der Waals surface area contributed by atoms with E-state index >= 15 is 0 Å². The molecule has 0 atom stereocenters. The molecule has 0 aliphatic rings. The van der Waals surface area contributed by atoms with E-state index in [9.17, 15) is 0 Å². The Morgan fingerprint density at radius 1 is 0.297 bits per heavy atom. The van der Waals surface area contributed by atoms with E-state index in [-0.39, 0.29) is 21.7 Å². The van der Waals surface area contributed by atoms with E-state index < -0.39 is 0 Å². The second-order valence-electron chi connectivity index (χ2n) is 24.9. The van der Waals surface area contributed by atoms with Crippen molar-refractivity contribution in [1.29, 1.82) is 0 Å². The number of hydrogen-bond acceptors (Lipinski definition) is 4. The van der Waals surface area contributed by atoms with Crippen molar-refractivity contribution in [3.8, 4) is 0 Å². The molecular formula is C68H64N6. The van der Waals surface area contributed by atoms with Gasteiger partial charge in [0.1, 0.15) is 11.0 Å². The van der Waals surface area contributed by atoms with Crippen LogP contribution in [0.5, 0.6) is 0 Å². The van der Waals surface area contributed by atoms with E-state index in [0.29, 0.717) is 0 Å². The van der Waals surface area contributed by atoms with Gasteiger partial charge < -0.3 is 9.80 Å². The number of hydrogen-bond donors (Lipinski definition) is 0. The van der Waals surface area contributed by atoms with Crippen molar-refractivity contribution in [2.24, 2.45) is 0 Å². The van der Waals surface area contributed by atoms with E-state index in [2.05, 4.69) is 272 Å². The third kappa shape index (κ3) is 6.90. The first-order valence-corrected chi connectivity index (χ1v) is 26.3. The molecule has 0 saturated carbocycles. The average molecular weight is 965 g/mol. The van der Waals surface area contributed by atoms with Gasteiger partial charge in [0.25, 0.3) is 0 Å². The molecule has 5 aromatic heterocycles. The number of fused-ring (bicyclic) bond motifs is 12. The van der Waals surface area contributed by atoms with Crippen LogP contribution in [0.2, 0.25) is 0 Å². The van der Waals surface area contributed by atoms with Crippen LogP contribution in [-0.4, -0.2) is 18.8 Å². The van der Waals surface area contributed by atoms with Gasteiger partial charge in [0.2, 0.25) is 0 Å². The van der Waals surface area contributed by atoms with E-state index in [4.69, 9.17) is 9.97 Å². The molecule has 366 valence electrons. The molecule has 0 fully saturated rings. The Labute approximate surface area is 434 Å². The van der Waals surface area contributed by atoms with Gasteiger partial charge in [0, 0.05) is 55.1 Å². The van der Waals surface area contributed by atoms with Crippen LogP contribution in [0.25, 0.3) is 76.7 Å². The predicted molar refractivity (Wildman–Crippen MR) is 316 cm³/mol. The minimum atomic E-state index is -0.142. The lowest BCUT2D eigenvalue weighted by Gasteiger charge is -2.29. The maximum Gasteiger partial charge on any atom is 0.165 e. The summed E-state index contributed by atoms with van der Waals surface area (Å²) < 4.78 is 4.94. The zero-order valence-corrected chi connectivity index (χ0v) is 44.8. The standard InChI is InChI=1S/C68H64N6/c1-65(2,3)41-33-49-51-35-43(67(7,8)9)39-55(71(45-25-17-13-18-26-45)46-27-19-14-20-28-46)61(51)73-59(49)53(37-41)57-63(73)70-58-54-38-42(66(4,5)6)34-50-52-36-44(68(10,11)12)40-56(62(52)74(60(50)54)64(58)69-57)72(47-29-21-15-22-30-47)48-31-23-16-24-32-48/h13-40H,1-12H3. The highest BCUT2D eigenvalue weighted by Crippen LogP contribution is 2.52. The number of nitrogens with zero attached hydrogens (tertiary/aromatic N) is 6. The SMILES string of the molecule is CC(C)(C)c1cc(N(c2ccccc2)c2ccccc2)c2c(c1)c1cc(C(C)(C)C)cc3c4nc5c(nc4n2c13)c1cc(C(C)(C)C)cc2c3cc(C(C)(C)C)cc(N(c4ccccc4)c4ccccc4)c3n5c21. The average Bonchev–Trinajstić information content (AvgIpc) is 4.09. The molecule has 0 amide bonds. The summed E-state index contributed by atoms with van der Waals surface area (Å²) in [6.07, 6.45) is 0. The summed E-state index contributed by atoms with van der Waals surface area (Å²) in [5, 5.41) is 7.11. The van der Waals surface area contributed by atoms with Crippen LogP contribution in [0, 0.1) is 0 Å². The summed E-state index contributed by atoms with van der Waals surface area (Å²) in [4.78, 5) is 17.0. The van der Waals surface area contributed by atoms with E-state index in [1.165, 1.54) is 43.8 Å². The summed E-state index contributed by atoms with van der Waals surface area (Å²) in [6, 6.07) is 62.8. The van der Waals surface area contributed by atoms with E-state index in [1.54, 1.807) is 0 Å². The lowest BCUT2D eigenvalue weighted by atomic mass is 9.84. The van der Waals surface area contributed by atoms with Crippen molar-refractivity contribution in [3.05, 3.63) is 192 Å². The lowest BCUT2D eigenvalue weighted by Crippen LogP contribution is -2.15. The van der Waals surface area contributed by atoms with Crippen molar-refractivity contribution >= 4 is 111 Å². The molecule has 6 heteroatoms. The van der Waals surface area contributed by atoms with Crippen molar-refractivity contribution in [2.75, 3.05) is 9.80 Å². The largest absolute Gasteiger partial charge is 0.308 e. The highest BCUT2D eigenvalue weighted by Gasteiger charge is 2.33. The molecule has 13 rings (SSSR count). The second-order valence-corrected chi connectivity index (χ2v) is 24.9. The fourth-order valence-electron chi connectivity index (χ4n) is 11.6. The first-order valence-electron chi connectivity index (χ1n) is 26.3. The molecular weight excluding hydrogens is 901 g/mol. The molecule has 74 heavy (non-hydrogen) atoms. The van der Waals surface area contributed by atoms with Gasteiger partial charge in [-0.05, 0) is 141 Å². The van der Waals surface area contributed by atoms with Crippen LogP contribution in [0.15, 0.2) is 170 Å². The molecule has 0 aliphatic heterocycles. The maximum absolute atomic E-state index is 6.04. The summed E-state index contributed by atoms with van der Waals surface area (Å²) in [6.45, 7) is 27.9. The topological polar surface area (TPSA) is 41.1 Å². The maximum atomic E-state index is 6.04. The van der Waals surface area contributed by atoms with E-state index in [1.807, 2.05) is 0 Å². The van der Waals surface area contributed by atoms with Crippen molar-refractivity contribution in [1.82, 2.24) is 18.8 Å². The van der Waals surface area contributed by atoms with Gasteiger partial charge in [-0.15, -0.1) is 0 Å². The second kappa shape index (κ2) is 15.8. The van der Waals surface area contributed by atoms with Gasteiger partial charge in [-0.25, -0.2) is 9.97 Å². The Bertz CT molecular complexity index is 3950. The number of benzene rings is 8. The normalized spacial score (nSPS) is 13.1. The molecule has 5 heterocycles. The number of para-hydroxylation sites is 4. The smallest absolute Gasteiger partial charge is 0.165 e. The fraction of sp³-hybridized carbons (Fsp3) is 0.235. The van der Waals surface area contributed by atoms with Crippen molar-refractivity contribution in [3.63, 3.8) is 0 Å². The van der Waals surface area contributed by atoms with Gasteiger partial charge >= 0.3 is 0 Å². The Balaban J connectivity index is 1.25. The quantitative estimate of drug-likeness (QED) is 0.166. The number of aromatic nitrogens is 4. The van der Waals surface area contributed by atoms with Crippen molar-refractivity contribution in [2.45, 2.75) is 105 Å². The summed E-state index contributed by atoms with van der Waals surface area (Å²) in [5.41, 5.74) is 19.2. The molecule has 6 nitrogen and oxygen atoms in total. The molecule has 0 N–H and O–H groups in total. The molecule has 0 unspecified atom stereocenters. The van der Waals surface area contributed by atoms with Gasteiger partial charge in [-0.1, -0.05) is 156 Å². The van der Waals surface area contributed by atoms with Crippen LogP contribution >= 0.6 is 0 Å². The van der Waals surface area contributed by atoms with Crippen LogP contribution in [0.4, 0.5) is 34.1 Å². The minimum Gasteiger partial charge on any atom is -0.308 e. The molecule has 8 aromatic carbocycles. The van der Waals surface area contributed by atoms with Crippen LogP contribution in [0.1, 0.15) is 105 Å². The number of anilines is 6. The number of rotatable bonds is 6. The molecule has 13 aromatic rings. The zero-order valence-electron chi connectivity index (χ0n) is 44.8. The van der Waals surface area contributed by atoms with Gasteiger partial charge in [0.05, 0.1) is 33.4 Å². The predicted octanol–water partition coefficient (Wildman–Crippen LogP) is 18.9. The summed E-state index contributed by atoms with van der Waals surface area (Å²) in [5.74, 6) is 0.